The molecule has 0 aromatic carbocycles. The molecule has 0 spiro atoms. The van der Waals surface area contributed by atoms with E-state index >= 15 is 0 Å². The molecule has 0 radical (unpaired) electrons. The predicted molar refractivity (Wildman–Crippen MR) is 49.5 cm³/mol. The van der Waals surface area contributed by atoms with E-state index in [1.165, 1.54) is 0 Å². The lowest BCUT2D eigenvalue weighted by Gasteiger charge is -2.30. The highest BCUT2D eigenvalue weighted by atomic mass is 16.3. The van der Waals surface area contributed by atoms with Crippen molar-refractivity contribution in [3.05, 3.63) is 11.8 Å². The number of carbonyl (C=O) groups excluding carboxylic acids is 1. The Balaban J connectivity index is 2.68. The number of carbonyl (C=O) groups is 1. The van der Waals surface area contributed by atoms with Crippen LogP contribution in [0.4, 0.5) is 0 Å². The average molecular weight is 184 g/mol. The quantitative estimate of drug-likeness (QED) is 0.657. The Morgan fingerprint density at radius 1 is 1.85 bits per heavy atom. The van der Waals surface area contributed by atoms with Gasteiger partial charge in [0, 0.05) is 18.3 Å². The van der Waals surface area contributed by atoms with Gasteiger partial charge in [0.1, 0.15) is 6.23 Å². The number of aliphatic hydroxyl groups is 1. The van der Waals surface area contributed by atoms with Gasteiger partial charge in [-0.3, -0.25) is 4.79 Å². The first-order chi connectivity index (χ1) is 6.15. The number of nitrogens with two attached hydrogens (primary N) is 1. The van der Waals surface area contributed by atoms with Crippen LogP contribution in [-0.4, -0.2) is 28.7 Å². The van der Waals surface area contributed by atoms with Crippen molar-refractivity contribution in [2.75, 3.05) is 6.54 Å². The van der Waals surface area contributed by atoms with E-state index in [0.717, 1.165) is 13.0 Å². The number of hydrogen-bond acceptors (Lipinski definition) is 3. The second kappa shape index (κ2) is 4.28. The maximum atomic E-state index is 10.9. The number of primary amides is 1. The first-order valence-corrected chi connectivity index (χ1v) is 4.59. The van der Waals surface area contributed by atoms with Crippen molar-refractivity contribution >= 4 is 5.91 Å². The fraction of sp³-hybridized carbons (Fsp3) is 0.667. The molecular weight excluding hydrogens is 168 g/mol. The Morgan fingerprint density at radius 3 is 3.08 bits per heavy atom. The summed E-state index contributed by atoms with van der Waals surface area (Å²) < 4.78 is 0. The summed E-state index contributed by atoms with van der Waals surface area (Å²) >= 11 is 0. The van der Waals surface area contributed by atoms with Crippen molar-refractivity contribution in [1.82, 2.24) is 4.90 Å². The molecule has 0 aromatic rings. The number of hydrogen-bond donors (Lipinski definition) is 2. The molecule has 0 saturated carbocycles. The molecule has 1 unspecified atom stereocenters. The first kappa shape index (κ1) is 10.1. The minimum absolute atomic E-state index is 0.381. The van der Waals surface area contributed by atoms with E-state index in [-0.39, 0.29) is 5.91 Å². The highest BCUT2D eigenvalue weighted by Crippen LogP contribution is 2.18. The number of nitrogens with zero attached hydrogens (tertiary/aromatic N) is 1. The second-order valence-corrected chi connectivity index (χ2v) is 3.28. The van der Waals surface area contributed by atoms with Gasteiger partial charge in [0.2, 0.25) is 5.91 Å². The van der Waals surface area contributed by atoms with E-state index in [1.54, 1.807) is 11.1 Å². The molecule has 74 valence electrons. The Kier molecular flexibility index (Phi) is 3.31. The summed E-state index contributed by atoms with van der Waals surface area (Å²) in [4.78, 5) is 12.6. The molecule has 1 amide bonds. The van der Waals surface area contributed by atoms with Gasteiger partial charge >= 0.3 is 0 Å². The maximum absolute atomic E-state index is 10.9. The third-order valence-electron chi connectivity index (χ3n) is 2.17. The summed E-state index contributed by atoms with van der Waals surface area (Å²) in [6, 6.07) is 0. The highest BCUT2D eigenvalue weighted by molar-refractivity contribution is 5.91. The first-order valence-electron chi connectivity index (χ1n) is 4.59. The molecule has 0 fully saturated rings. The van der Waals surface area contributed by atoms with Gasteiger partial charge in [-0.2, -0.15) is 0 Å². The molecule has 1 atom stereocenters. The standard InChI is InChI=1S/C9H16N2O2/c1-2-5-11-6-7(9(10)13)3-4-8(11)12/h6,8,12H,2-5H2,1H3,(H2,10,13). The van der Waals surface area contributed by atoms with Gasteiger partial charge in [-0.25, -0.2) is 0 Å². The van der Waals surface area contributed by atoms with Crippen LogP contribution in [0.1, 0.15) is 26.2 Å². The summed E-state index contributed by atoms with van der Waals surface area (Å²) in [6.45, 7) is 2.79. The molecule has 1 rings (SSSR count). The summed E-state index contributed by atoms with van der Waals surface area (Å²) in [7, 11) is 0. The maximum Gasteiger partial charge on any atom is 0.246 e. The van der Waals surface area contributed by atoms with Gasteiger partial charge in [0.25, 0.3) is 0 Å². The van der Waals surface area contributed by atoms with Crippen molar-refractivity contribution in [2.24, 2.45) is 5.73 Å². The topological polar surface area (TPSA) is 66.6 Å². The lowest BCUT2D eigenvalue weighted by Crippen LogP contribution is -2.36. The third-order valence-corrected chi connectivity index (χ3v) is 2.17. The molecule has 0 saturated heterocycles. The zero-order chi connectivity index (χ0) is 9.84. The molecule has 0 aromatic heterocycles. The third kappa shape index (κ3) is 2.45. The number of amides is 1. The van der Waals surface area contributed by atoms with E-state index < -0.39 is 6.23 Å². The molecule has 0 bridgehead atoms. The van der Waals surface area contributed by atoms with E-state index in [1.807, 2.05) is 6.92 Å². The van der Waals surface area contributed by atoms with Crippen LogP contribution in [0.5, 0.6) is 0 Å². The average Bonchev–Trinajstić information content (AvgIpc) is 2.08. The Bertz CT molecular complexity index is 226. The van der Waals surface area contributed by atoms with Crippen LogP contribution in [0.25, 0.3) is 0 Å². The Hall–Kier alpha value is -1.03. The smallest absolute Gasteiger partial charge is 0.246 e. The molecule has 1 heterocycles. The molecule has 4 heteroatoms. The van der Waals surface area contributed by atoms with Gasteiger partial charge < -0.3 is 15.7 Å². The van der Waals surface area contributed by atoms with Crippen LogP contribution in [0.15, 0.2) is 11.8 Å². The van der Waals surface area contributed by atoms with Crippen LogP contribution in [0, 0.1) is 0 Å². The van der Waals surface area contributed by atoms with Gasteiger partial charge in [-0.15, -0.1) is 0 Å². The van der Waals surface area contributed by atoms with Crippen molar-refractivity contribution in [3.8, 4) is 0 Å². The minimum Gasteiger partial charge on any atom is -0.374 e. The summed E-state index contributed by atoms with van der Waals surface area (Å²) in [6.07, 6.45) is 3.34. The van der Waals surface area contributed by atoms with Crippen molar-refractivity contribution in [2.45, 2.75) is 32.4 Å². The normalized spacial score (nSPS) is 22.8. The molecular formula is C9H16N2O2. The largest absolute Gasteiger partial charge is 0.374 e. The van der Waals surface area contributed by atoms with Gasteiger partial charge in [0.15, 0.2) is 0 Å². The minimum atomic E-state index is -0.456. The van der Waals surface area contributed by atoms with E-state index in [0.29, 0.717) is 18.4 Å². The van der Waals surface area contributed by atoms with Gasteiger partial charge in [-0.1, -0.05) is 6.92 Å². The molecule has 3 N–H and O–H groups in total. The van der Waals surface area contributed by atoms with Gasteiger partial charge in [0.05, 0.1) is 0 Å². The van der Waals surface area contributed by atoms with Gasteiger partial charge in [-0.05, 0) is 19.3 Å². The summed E-state index contributed by atoms with van der Waals surface area (Å²) in [5, 5.41) is 9.53. The molecule has 0 aliphatic carbocycles. The monoisotopic (exact) mass is 184 g/mol. The fourth-order valence-electron chi connectivity index (χ4n) is 1.46. The lowest BCUT2D eigenvalue weighted by molar-refractivity contribution is -0.115. The molecule has 1 aliphatic rings. The Morgan fingerprint density at radius 2 is 2.54 bits per heavy atom. The Labute approximate surface area is 78.0 Å². The van der Waals surface area contributed by atoms with Crippen LogP contribution in [-0.2, 0) is 4.79 Å². The highest BCUT2D eigenvalue weighted by Gasteiger charge is 2.20. The van der Waals surface area contributed by atoms with Crippen molar-refractivity contribution in [1.29, 1.82) is 0 Å². The lowest BCUT2D eigenvalue weighted by atomic mass is 10.1. The van der Waals surface area contributed by atoms with Crippen LogP contribution >= 0.6 is 0 Å². The van der Waals surface area contributed by atoms with Crippen molar-refractivity contribution in [3.63, 3.8) is 0 Å². The fourth-order valence-corrected chi connectivity index (χ4v) is 1.46. The summed E-state index contributed by atoms with van der Waals surface area (Å²) in [5.74, 6) is -0.381. The zero-order valence-corrected chi connectivity index (χ0v) is 7.86. The van der Waals surface area contributed by atoms with Crippen LogP contribution in [0.3, 0.4) is 0 Å². The molecule has 1 aliphatic heterocycles. The van der Waals surface area contributed by atoms with Crippen LogP contribution in [0.2, 0.25) is 0 Å². The number of aliphatic hydroxyl groups excluding tert-OH is 1. The zero-order valence-electron chi connectivity index (χ0n) is 7.86. The molecule has 13 heavy (non-hydrogen) atoms. The second-order valence-electron chi connectivity index (χ2n) is 3.28. The predicted octanol–water partition coefficient (Wildman–Crippen LogP) is 0.180. The van der Waals surface area contributed by atoms with E-state index in [9.17, 15) is 9.90 Å². The summed E-state index contributed by atoms with van der Waals surface area (Å²) in [5.41, 5.74) is 5.77. The molecule has 4 nitrogen and oxygen atoms in total. The van der Waals surface area contributed by atoms with Crippen molar-refractivity contribution < 1.29 is 9.90 Å². The SMILES string of the molecule is CCCN1C=C(C(N)=O)CCC1O. The van der Waals surface area contributed by atoms with E-state index in [2.05, 4.69) is 0 Å². The number of rotatable bonds is 3. The van der Waals surface area contributed by atoms with E-state index in [4.69, 9.17) is 5.73 Å². The van der Waals surface area contributed by atoms with Crippen LogP contribution < -0.4 is 5.73 Å².